The van der Waals surface area contributed by atoms with Gasteiger partial charge in [0.15, 0.2) is 18.1 Å². The summed E-state index contributed by atoms with van der Waals surface area (Å²) in [7, 11) is 0. The summed E-state index contributed by atoms with van der Waals surface area (Å²) in [4.78, 5) is 23.6. The number of hydrogen-bond donors (Lipinski definition) is 2. The molecule has 0 spiro atoms. The van der Waals surface area contributed by atoms with E-state index in [9.17, 15) is 9.59 Å². The predicted octanol–water partition coefficient (Wildman–Crippen LogP) is 2.55. The Bertz CT molecular complexity index is 729. The van der Waals surface area contributed by atoms with Crippen molar-refractivity contribution in [1.82, 2.24) is 10.9 Å². The average molecular weight is 356 g/mol. The molecule has 2 aromatic carbocycles. The lowest BCUT2D eigenvalue weighted by atomic mass is 10.1. The topological polar surface area (TPSA) is 76.7 Å². The molecule has 0 saturated carbocycles. The van der Waals surface area contributed by atoms with Crippen LogP contribution in [0.3, 0.4) is 0 Å². The summed E-state index contributed by atoms with van der Waals surface area (Å²) in [5, 5.41) is 0. The molecule has 0 atom stereocenters. The molecule has 138 valence electrons. The molecule has 0 radical (unpaired) electrons. The van der Waals surface area contributed by atoms with Gasteiger partial charge in [0.05, 0.1) is 6.61 Å². The van der Waals surface area contributed by atoms with Crippen molar-refractivity contribution < 1.29 is 19.1 Å². The zero-order chi connectivity index (χ0) is 18.8. The number of rotatable bonds is 8. The van der Waals surface area contributed by atoms with Crippen molar-refractivity contribution in [1.29, 1.82) is 0 Å². The Balaban J connectivity index is 1.69. The molecule has 26 heavy (non-hydrogen) atoms. The largest absolute Gasteiger partial charge is 0.490 e. The summed E-state index contributed by atoms with van der Waals surface area (Å²) in [6.45, 7) is 4.17. The highest BCUT2D eigenvalue weighted by Crippen LogP contribution is 2.26. The van der Waals surface area contributed by atoms with Gasteiger partial charge in [0.2, 0.25) is 5.91 Å². The zero-order valence-corrected chi connectivity index (χ0v) is 15.1. The van der Waals surface area contributed by atoms with E-state index < -0.39 is 5.91 Å². The Kier molecular flexibility index (Phi) is 7.49. The molecule has 2 aromatic rings. The molecule has 6 nitrogen and oxygen atoms in total. The molecule has 0 bridgehead atoms. The average Bonchev–Trinajstić information content (AvgIpc) is 2.65. The third-order valence-electron chi connectivity index (χ3n) is 3.61. The lowest BCUT2D eigenvalue weighted by Gasteiger charge is -2.12. The summed E-state index contributed by atoms with van der Waals surface area (Å²) >= 11 is 0. The minimum atomic E-state index is -0.444. The van der Waals surface area contributed by atoms with Crippen molar-refractivity contribution in [2.24, 2.45) is 0 Å². The van der Waals surface area contributed by atoms with Crippen LogP contribution >= 0.6 is 0 Å². The van der Waals surface area contributed by atoms with Crippen LogP contribution in [0.4, 0.5) is 0 Å². The van der Waals surface area contributed by atoms with Gasteiger partial charge in [0.25, 0.3) is 5.91 Å². The van der Waals surface area contributed by atoms with Crippen LogP contribution < -0.4 is 20.3 Å². The van der Waals surface area contributed by atoms with E-state index in [4.69, 9.17) is 9.47 Å². The van der Waals surface area contributed by atoms with Crippen LogP contribution in [0.1, 0.15) is 24.5 Å². The number of carbonyl (C=O) groups is 2. The second-order valence-electron chi connectivity index (χ2n) is 5.75. The number of hydrazine groups is 1. The van der Waals surface area contributed by atoms with Crippen molar-refractivity contribution in [3.8, 4) is 11.5 Å². The summed E-state index contributed by atoms with van der Waals surface area (Å²) in [6.07, 6.45) is 0.900. The second kappa shape index (κ2) is 10.1. The van der Waals surface area contributed by atoms with Crippen LogP contribution in [0.5, 0.6) is 11.5 Å². The van der Waals surface area contributed by atoms with Gasteiger partial charge in [-0.15, -0.1) is 0 Å². The first-order valence-electron chi connectivity index (χ1n) is 8.56. The Morgan fingerprint density at radius 1 is 0.885 bits per heavy atom. The number of amides is 2. The summed E-state index contributed by atoms with van der Waals surface area (Å²) in [5.74, 6) is 0.355. The van der Waals surface area contributed by atoms with Gasteiger partial charge >= 0.3 is 0 Å². The molecule has 0 aromatic heterocycles. The van der Waals surface area contributed by atoms with Gasteiger partial charge in [0, 0.05) is 6.42 Å². The van der Waals surface area contributed by atoms with E-state index >= 15 is 0 Å². The smallest absolute Gasteiger partial charge is 0.276 e. The third-order valence-corrected chi connectivity index (χ3v) is 3.61. The molecule has 0 aliphatic heterocycles. The standard InChI is InChI=1S/C20H24N2O4/c1-3-25-17-6-4-5-7-18(17)26-14-20(24)22-21-19(23)13-12-16-10-8-15(2)9-11-16/h4-11H,3,12-14H2,1-2H3,(H,21,23)(H,22,24). The second-order valence-corrected chi connectivity index (χ2v) is 5.75. The van der Waals surface area contributed by atoms with Crippen molar-refractivity contribution >= 4 is 11.8 Å². The minimum Gasteiger partial charge on any atom is -0.490 e. The first kappa shape index (κ1) is 19.3. The summed E-state index contributed by atoms with van der Waals surface area (Å²) in [5.41, 5.74) is 6.99. The van der Waals surface area contributed by atoms with Crippen LogP contribution in [0.15, 0.2) is 48.5 Å². The molecule has 0 aliphatic carbocycles. The maximum atomic E-state index is 11.8. The number of nitrogens with one attached hydrogen (secondary N) is 2. The Morgan fingerprint density at radius 2 is 1.50 bits per heavy atom. The van der Waals surface area contributed by atoms with Gasteiger partial charge in [-0.1, -0.05) is 42.0 Å². The predicted molar refractivity (Wildman–Crippen MR) is 98.9 cm³/mol. The van der Waals surface area contributed by atoms with Gasteiger partial charge < -0.3 is 9.47 Å². The maximum absolute atomic E-state index is 11.8. The van der Waals surface area contributed by atoms with Crippen molar-refractivity contribution in [3.05, 3.63) is 59.7 Å². The van der Waals surface area contributed by atoms with Crippen LogP contribution in [-0.4, -0.2) is 25.0 Å². The summed E-state index contributed by atoms with van der Waals surface area (Å²) in [6, 6.07) is 15.1. The Morgan fingerprint density at radius 3 is 2.15 bits per heavy atom. The quantitative estimate of drug-likeness (QED) is 0.713. The molecule has 2 N–H and O–H groups in total. The van der Waals surface area contributed by atoms with Crippen molar-refractivity contribution in [2.45, 2.75) is 26.7 Å². The fourth-order valence-electron chi connectivity index (χ4n) is 2.24. The first-order chi connectivity index (χ1) is 12.6. The molecule has 0 aliphatic rings. The number of hydrogen-bond acceptors (Lipinski definition) is 4. The van der Waals surface area contributed by atoms with E-state index in [1.165, 1.54) is 5.56 Å². The van der Waals surface area contributed by atoms with Gasteiger partial charge in [-0.05, 0) is 38.0 Å². The van der Waals surface area contributed by atoms with Gasteiger partial charge in [-0.25, -0.2) is 0 Å². The highest BCUT2D eigenvalue weighted by molar-refractivity contribution is 5.82. The molecule has 0 unspecified atom stereocenters. The Hall–Kier alpha value is -3.02. The number of carbonyl (C=O) groups excluding carboxylic acids is 2. The lowest BCUT2D eigenvalue weighted by Crippen LogP contribution is -2.43. The molecule has 6 heteroatoms. The molecule has 0 fully saturated rings. The molecule has 0 saturated heterocycles. The van der Waals surface area contributed by atoms with Crippen LogP contribution in [0, 0.1) is 6.92 Å². The fraction of sp³-hybridized carbons (Fsp3) is 0.300. The number of benzene rings is 2. The van der Waals surface area contributed by atoms with Crippen LogP contribution in [0.25, 0.3) is 0 Å². The molecule has 2 rings (SSSR count). The van der Waals surface area contributed by atoms with Gasteiger partial charge in [-0.3, -0.25) is 20.4 Å². The van der Waals surface area contributed by atoms with Crippen LogP contribution in [0.2, 0.25) is 0 Å². The van der Waals surface area contributed by atoms with E-state index in [1.54, 1.807) is 18.2 Å². The first-order valence-corrected chi connectivity index (χ1v) is 8.56. The summed E-state index contributed by atoms with van der Waals surface area (Å²) < 4.78 is 10.9. The highest BCUT2D eigenvalue weighted by Gasteiger charge is 2.08. The normalized spacial score (nSPS) is 10.1. The zero-order valence-electron chi connectivity index (χ0n) is 15.1. The Labute approximate surface area is 153 Å². The monoisotopic (exact) mass is 356 g/mol. The fourth-order valence-corrected chi connectivity index (χ4v) is 2.24. The van der Waals surface area contributed by atoms with E-state index in [-0.39, 0.29) is 18.9 Å². The van der Waals surface area contributed by atoms with Crippen LogP contribution in [-0.2, 0) is 16.0 Å². The third kappa shape index (κ3) is 6.47. The molecular formula is C20H24N2O4. The van der Waals surface area contributed by atoms with E-state index in [0.29, 0.717) is 24.5 Å². The molecule has 0 heterocycles. The SMILES string of the molecule is CCOc1ccccc1OCC(=O)NNC(=O)CCc1ccc(C)cc1. The maximum Gasteiger partial charge on any atom is 0.276 e. The lowest BCUT2D eigenvalue weighted by molar-refractivity contribution is -0.130. The van der Waals surface area contributed by atoms with Crippen molar-refractivity contribution in [2.75, 3.05) is 13.2 Å². The van der Waals surface area contributed by atoms with Crippen molar-refractivity contribution in [3.63, 3.8) is 0 Å². The minimum absolute atomic E-state index is 0.220. The number of ether oxygens (including phenoxy) is 2. The van der Waals surface area contributed by atoms with Gasteiger partial charge in [-0.2, -0.15) is 0 Å². The number of aryl methyl sites for hydroxylation is 2. The van der Waals surface area contributed by atoms with E-state index in [2.05, 4.69) is 10.9 Å². The highest BCUT2D eigenvalue weighted by atomic mass is 16.5. The van der Waals surface area contributed by atoms with E-state index in [1.807, 2.05) is 44.2 Å². The molecular weight excluding hydrogens is 332 g/mol. The molecule has 2 amide bonds. The van der Waals surface area contributed by atoms with E-state index in [0.717, 1.165) is 5.56 Å². The number of para-hydroxylation sites is 2. The van der Waals surface area contributed by atoms with Gasteiger partial charge in [0.1, 0.15) is 0 Å².